The van der Waals surface area contributed by atoms with Crippen LogP contribution in [0.4, 0.5) is 0 Å². The van der Waals surface area contributed by atoms with Crippen LogP contribution in [0, 0.1) is 0 Å². The van der Waals surface area contributed by atoms with E-state index in [2.05, 4.69) is 163 Å². The van der Waals surface area contributed by atoms with Gasteiger partial charge in [0, 0.05) is 49.3 Å². The quantitative estimate of drug-likeness (QED) is 0.165. The summed E-state index contributed by atoms with van der Waals surface area (Å²) in [5.74, 6) is 0.691. The van der Waals surface area contributed by atoms with Crippen LogP contribution in [-0.4, -0.2) is 15.0 Å². The van der Waals surface area contributed by atoms with Gasteiger partial charge < -0.3 is 0 Å². The highest BCUT2D eigenvalue weighted by atomic mass is 32.1. The van der Waals surface area contributed by atoms with Gasteiger partial charge in [-0.1, -0.05) is 140 Å². The van der Waals surface area contributed by atoms with Crippen LogP contribution in [0.2, 0.25) is 0 Å². The molecular weight excluding hydrogens is 687 g/mol. The number of benzene rings is 7. The van der Waals surface area contributed by atoms with Crippen LogP contribution in [0.3, 0.4) is 0 Å². The maximum Gasteiger partial charge on any atom is 0.160 e. The van der Waals surface area contributed by atoms with Crippen molar-refractivity contribution in [3.63, 3.8) is 0 Å². The van der Waals surface area contributed by atoms with Gasteiger partial charge in [0.15, 0.2) is 5.82 Å². The van der Waals surface area contributed by atoms with E-state index in [4.69, 9.17) is 9.97 Å². The highest BCUT2D eigenvalue weighted by molar-refractivity contribution is 7.26. The normalized spacial score (nSPS) is 11.3. The minimum atomic E-state index is 0.691. The molecule has 0 atom stereocenters. The third-order valence-electron chi connectivity index (χ3n) is 10.2. The van der Waals surface area contributed by atoms with E-state index in [1.807, 2.05) is 54.1 Å². The first-order chi connectivity index (χ1) is 27.2. The molecule has 4 heteroatoms. The fourth-order valence-electron chi connectivity index (χ4n) is 7.42. The van der Waals surface area contributed by atoms with E-state index in [0.717, 1.165) is 55.9 Å². The smallest absolute Gasteiger partial charge is 0.160 e. The Kier molecular flexibility index (Phi) is 8.36. The summed E-state index contributed by atoms with van der Waals surface area (Å²) >= 11 is 1.86. The lowest BCUT2D eigenvalue weighted by molar-refractivity contribution is 1.18. The molecule has 0 unspecified atom stereocenters. The van der Waals surface area contributed by atoms with E-state index >= 15 is 0 Å². The molecule has 3 aromatic heterocycles. The Morgan fingerprint density at radius 1 is 0.327 bits per heavy atom. The SMILES string of the molecule is c1ccc(-c2cccc(-c3cc(-c4cc(-c5ccc(-c6ccncc6)cc5)nc(-c5ccccc5)n4)cc(-c4cccc5c4sc4ccccc45)c3)c2)cc1. The van der Waals surface area contributed by atoms with E-state index < -0.39 is 0 Å². The van der Waals surface area contributed by atoms with Crippen LogP contribution in [0.5, 0.6) is 0 Å². The first kappa shape index (κ1) is 32.6. The Labute approximate surface area is 323 Å². The standard InChI is InChI=1S/C51H33N3S/c1-3-11-34(12-4-1)39-15-9-16-40(29-39)41-30-42(44-18-10-19-46-45-17-7-8-20-49(45)55-50(44)46)32-43(31-41)48-33-47(53-51(54-48)38-13-5-2-6-14-38)37-23-21-35(22-24-37)36-25-27-52-28-26-36/h1-33H. The third-order valence-corrected chi connectivity index (χ3v) is 11.4. The summed E-state index contributed by atoms with van der Waals surface area (Å²) in [7, 11) is 0. The second-order valence-corrected chi connectivity index (χ2v) is 14.7. The molecule has 0 bridgehead atoms. The van der Waals surface area contributed by atoms with Gasteiger partial charge in [0.1, 0.15) is 0 Å². The first-order valence-electron chi connectivity index (χ1n) is 18.4. The van der Waals surface area contributed by atoms with Gasteiger partial charge in [-0.05, 0) is 93.0 Å². The van der Waals surface area contributed by atoms with Crippen LogP contribution in [-0.2, 0) is 0 Å². The van der Waals surface area contributed by atoms with Gasteiger partial charge >= 0.3 is 0 Å². The average Bonchev–Trinajstić information content (AvgIpc) is 3.66. The summed E-state index contributed by atoms with van der Waals surface area (Å²) < 4.78 is 2.58. The Bertz CT molecular complexity index is 2950. The number of hydrogen-bond acceptors (Lipinski definition) is 4. The molecule has 0 aliphatic rings. The zero-order valence-electron chi connectivity index (χ0n) is 29.8. The Hall–Kier alpha value is -7.01. The molecule has 3 nitrogen and oxygen atoms in total. The van der Waals surface area contributed by atoms with Crippen molar-refractivity contribution in [3.05, 3.63) is 200 Å². The molecule has 10 rings (SSSR count). The van der Waals surface area contributed by atoms with Crippen LogP contribution in [0.1, 0.15) is 0 Å². The lowest BCUT2D eigenvalue weighted by Gasteiger charge is -2.14. The highest BCUT2D eigenvalue weighted by Gasteiger charge is 2.16. The zero-order valence-corrected chi connectivity index (χ0v) is 30.6. The van der Waals surface area contributed by atoms with Crippen LogP contribution >= 0.6 is 11.3 Å². The second-order valence-electron chi connectivity index (χ2n) is 13.7. The molecule has 0 radical (unpaired) electrons. The summed E-state index contributed by atoms with van der Waals surface area (Å²) in [6.45, 7) is 0. The maximum absolute atomic E-state index is 5.28. The molecule has 0 saturated heterocycles. The molecule has 0 aliphatic heterocycles. The lowest BCUT2D eigenvalue weighted by Crippen LogP contribution is -1.96. The van der Waals surface area contributed by atoms with Crippen molar-refractivity contribution in [3.8, 4) is 78.4 Å². The second kappa shape index (κ2) is 14.1. The largest absolute Gasteiger partial charge is 0.265 e. The number of aromatic nitrogens is 3. The number of nitrogens with zero attached hydrogens (tertiary/aromatic N) is 3. The van der Waals surface area contributed by atoms with E-state index in [0.29, 0.717) is 5.82 Å². The summed E-state index contributed by atoms with van der Waals surface area (Å²) in [6, 6.07) is 66.8. The predicted octanol–water partition coefficient (Wildman–Crippen LogP) is 13.9. The fraction of sp³-hybridized carbons (Fsp3) is 0. The van der Waals surface area contributed by atoms with Crippen molar-refractivity contribution < 1.29 is 0 Å². The molecule has 0 aliphatic carbocycles. The lowest BCUT2D eigenvalue weighted by atomic mass is 9.92. The van der Waals surface area contributed by atoms with Gasteiger partial charge in [-0.15, -0.1) is 11.3 Å². The van der Waals surface area contributed by atoms with Crippen molar-refractivity contribution in [2.45, 2.75) is 0 Å². The van der Waals surface area contributed by atoms with Crippen LogP contribution in [0.15, 0.2) is 200 Å². The van der Waals surface area contributed by atoms with Gasteiger partial charge in [-0.3, -0.25) is 4.98 Å². The van der Waals surface area contributed by atoms with E-state index in [1.54, 1.807) is 0 Å². The molecule has 0 saturated carbocycles. The van der Waals surface area contributed by atoms with Gasteiger partial charge in [0.25, 0.3) is 0 Å². The monoisotopic (exact) mass is 719 g/mol. The van der Waals surface area contributed by atoms with Crippen molar-refractivity contribution in [2.24, 2.45) is 0 Å². The van der Waals surface area contributed by atoms with Crippen molar-refractivity contribution in [1.29, 1.82) is 0 Å². The number of thiophene rings is 1. The Morgan fingerprint density at radius 3 is 1.64 bits per heavy atom. The van der Waals surface area contributed by atoms with Gasteiger partial charge in [-0.25, -0.2) is 9.97 Å². The molecular formula is C51H33N3S. The number of pyridine rings is 1. The minimum Gasteiger partial charge on any atom is -0.265 e. The van der Waals surface area contributed by atoms with Gasteiger partial charge in [0.2, 0.25) is 0 Å². The van der Waals surface area contributed by atoms with E-state index in [1.165, 1.54) is 36.9 Å². The first-order valence-corrected chi connectivity index (χ1v) is 19.2. The van der Waals surface area contributed by atoms with Crippen molar-refractivity contribution >= 4 is 31.5 Å². The van der Waals surface area contributed by atoms with Crippen molar-refractivity contribution in [1.82, 2.24) is 15.0 Å². The number of hydrogen-bond donors (Lipinski definition) is 0. The average molecular weight is 720 g/mol. The molecule has 258 valence electrons. The molecule has 10 aromatic rings. The number of fused-ring (bicyclic) bond motifs is 3. The minimum absolute atomic E-state index is 0.691. The summed E-state index contributed by atoms with van der Waals surface area (Å²) in [6.07, 6.45) is 3.65. The Morgan fingerprint density at radius 2 is 0.855 bits per heavy atom. The van der Waals surface area contributed by atoms with E-state index in [9.17, 15) is 0 Å². The van der Waals surface area contributed by atoms with Gasteiger partial charge in [0.05, 0.1) is 11.4 Å². The summed E-state index contributed by atoms with van der Waals surface area (Å²) in [4.78, 5) is 14.6. The molecule has 7 aromatic carbocycles. The summed E-state index contributed by atoms with van der Waals surface area (Å²) in [5.41, 5.74) is 14.1. The Balaban J connectivity index is 1.18. The van der Waals surface area contributed by atoms with Crippen LogP contribution < -0.4 is 0 Å². The topological polar surface area (TPSA) is 38.7 Å². The molecule has 0 amide bonds. The molecule has 0 spiro atoms. The molecule has 55 heavy (non-hydrogen) atoms. The van der Waals surface area contributed by atoms with Gasteiger partial charge in [-0.2, -0.15) is 0 Å². The summed E-state index contributed by atoms with van der Waals surface area (Å²) in [5, 5.41) is 2.57. The maximum atomic E-state index is 5.28. The highest BCUT2D eigenvalue weighted by Crippen LogP contribution is 2.42. The zero-order chi connectivity index (χ0) is 36.6. The van der Waals surface area contributed by atoms with E-state index in [-0.39, 0.29) is 0 Å². The molecule has 0 fully saturated rings. The third kappa shape index (κ3) is 6.39. The van der Waals surface area contributed by atoms with Crippen molar-refractivity contribution in [2.75, 3.05) is 0 Å². The molecule has 3 heterocycles. The molecule has 0 N–H and O–H groups in total. The number of rotatable bonds is 7. The predicted molar refractivity (Wildman–Crippen MR) is 231 cm³/mol. The van der Waals surface area contributed by atoms with Crippen LogP contribution in [0.25, 0.3) is 98.6 Å². The fourth-order valence-corrected chi connectivity index (χ4v) is 8.66.